The third-order valence-electron chi connectivity index (χ3n) is 5.99. The van der Waals surface area contributed by atoms with E-state index in [1.807, 2.05) is 24.3 Å². The summed E-state index contributed by atoms with van der Waals surface area (Å²) in [7, 11) is 1.74. The second-order valence-electron chi connectivity index (χ2n) is 7.67. The molecule has 1 saturated carbocycles. The zero-order chi connectivity index (χ0) is 18.8. The standard InChI is InChI=1S/C21H26N2O4/c1-26-16-7-6-13-10-15(20(24)23-17(13)12-16)8-9-22-21(25)19-11-14-4-2-3-5-18(14)27-19/h2-5,11,13,15-17H,6-10,12H2,1H3,(H,22,25)(H,23,24). The van der Waals surface area contributed by atoms with Gasteiger partial charge in [-0.2, -0.15) is 0 Å². The third kappa shape index (κ3) is 3.86. The van der Waals surface area contributed by atoms with Crippen molar-refractivity contribution in [3.8, 4) is 0 Å². The lowest BCUT2D eigenvalue weighted by molar-refractivity contribution is -0.131. The number of piperidine rings is 1. The third-order valence-corrected chi connectivity index (χ3v) is 5.99. The van der Waals surface area contributed by atoms with E-state index in [2.05, 4.69) is 10.6 Å². The molecule has 2 N–H and O–H groups in total. The lowest BCUT2D eigenvalue weighted by Crippen LogP contribution is -2.53. The number of rotatable bonds is 5. The molecular formula is C21H26N2O4. The minimum atomic E-state index is -0.235. The van der Waals surface area contributed by atoms with Gasteiger partial charge < -0.3 is 19.8 Å². The Morgan fingerprint density at radius 2 is 2.15 bits per heavy atom. The molecule has 6 nitrogen and oxygen atoms in total. The van der Waals surface area contributed by atoms with Crippen molar-refractivity contribution >= 4 is 22.8 Å². The van der Waals surface area contributed by atoms with E-state index in [4.69, 9.17) is 9.15 Å². The molecule has 2 heterocycles. The zero-order valence-electron chi connectivity index (χ0n) is 15.6. The molecule has 4 unspecified atom stereocenters. The molecule has 2 aliphatic rings. The van der Waals surface area contributed by atoms with Gasteiger partial charge in [0.05, 0.1) is 6.10 Å². The van der Waals surface area contributed by atoms with Gasteiger partial charge in [0.25, 0.3) is 5.91 Å². The smallest absolute Gasteiger partial charge is 0.287 e. The Balaban J connectivity index is 1.29. The number of para-hydroxylation sites is 1. The van der Waals surface area contributed by atoms with Crippen molar-refractivity contribution in [1.82, 2.24) is 10.6 Å². The highest BCUT2D eigenvalue weighted by atomic mass is 16.5. The predicted molar refractivity (Wildman–Crippen MR) is 101 cm³/mol. The minimum Gasteiger partial charge on any atom is -0.451 e. The molecule has 4 rings (SSSR count). The number of hydrogen-bond acceptors (Lipinski definition) is 4. The first-order valence-corrected chi connectivity index (χ1v) is 9.74. The molecule has 2 fully saturated rings. The SMILES string of the molecule is COC1CCC2CC(CCNC(=O)c3cc4ccccc4o3)C(=O)NC2C1. The highest BCUT2D eigenvalue weighted by Gasteiger charge is 2.39. The van der Waals surface area contributed by atoms with Gasteiger partial charge in [-0.3, -0.25) is 9.59 Å². The van der Waals surface area contributed by atoms with E-state index in [0.717, 1.165) is 31.1 Å². The second kappa shape index (κ2) is 7.72. The van der Waals surface area contributed by atoms with Gasteiger partial charge in [0.1, 0.15) is 5.58 Å². The molecule has 2 aromatic rings. The Hall–Kier alpha value is -2.34. The molecule has 144 valence electrons. The van der Waals surface area contributed by atoms with Crippen molar-refractivity contribution in [3.63, 3.8) is 0 Å². The monoisotopic (exact) mass is 370 g/mol. The molecule has 1 saturated heterocycles. The van der Waals surface area contributed by atoms with Gasteiger partial charge in [-0.25, -0.2) is 0 Å². The number of ether oxygens (including phenoxy) is 1. The topological polar surface area (TPSA) is 80.6 Å². The number of carbonyl (C=O) groups excluding carboxylic acids is 2. The molecule has 1 aromatic carbocycles. The Morgan fingerprint density at radius 1 is 1.30 bits per heavy atom. The van der Waals surface area contributed by atoms with Gasteiger partial charge >= 0.3 is 0 Å². The highest BCUT2D eigenvalue weighted by molar-refractivity contribution is 5.96. The van der Waals surface area contributed by atoms with E-state index in [9.17, 15) is 9.59 Å². The van der Waals surface area contributed by atoms with E-state index in [-0.39, 0.29) is 29.9 Å². The summed E-state index contributed by atoms with van der Waals surface area (Å²) in [4.78, 5) is 24.7. The summed E-state index contributed by atoms with van der Waals surface area (Å²) in [5, 5.41) is 6.96. The fourth-order valence-corrected chi connectivity index (χ4v) is 4.43. The zero-order valence-corrected chi connectivity index (χ0v) is 15.6. The maximum Gasteiger partial charge on any atom is 0.287 e. The van der Waals surface area contributed by atoms with E-state index >= 15 is 0 Å². The Kier molecular flexibility index (Phi) is 5.16. The molecule has 6 heteroatoms. The van der Waals surface area contributed by atoms with Crippen LogP contribution in [-0.4, -0.2) is 37.6 Å². The van der Waals surface area contributed by atoms with Crippen molar-refractivity contribution in [2.24, 2.45) is 11.8 Å². The maximum absolute atomic E-state index is 12.4. The Morgan fingerprint density at radius 3 is 2.96 bits per heavy atom. The van der Waals surface area contributed by atoms with Gasteiger partial charge in [-0.05, 0) is 50.2 Å². The van der Waals surface area contributed by atoms with E-state index in [0.29, 0.717) is 30.2 Å². The number of carbonyl (C=O) groups is 2. The number of fused-ring (bicyclic) bond motifs is 2. The molecule has 27 heavy (non-hydrogen) atoms. The average Bonchev–Trinajstić information content (AvgIpc) is 3.12. The largest absolute Gasteiger partial charge is 0.451 e. The van der Waals surface area contributed by atoms with Crippen LogP contribution >= 0.6 is 0 Å². The maximum atomic E-state index is 12.4. The molecule has 0 spiro atoms. The molecule has 1 aromatic heterocycles. The summed E-state index contributed by atoms with van der Waals surface area (Å²) in [6, 6.07) is 9.52. The quantitative estimate of drug-likeness (QED) is 0.848. The van der Waals surface area contributed by atoms with Crippen LogP contribution in [0.4, 0.5) is 0 Å². The van der Waals surface area contributed by atoms with Gasteiger partial charge in [0.2, 0.25) is 5.91 Å². The van der Waals surface area contributed by atoms with Gasteiger partial charge in [0.15, 0.2) is 5.76 Å². The highest BCUT2D eigenvalue weighted by Crippen LogP contribution is 2.35. The summed E-state index contributed by atoms with van der Waals surface area (Å²) in [5.74, 6) is 0.653. The number of furan rings is 1. The summed E-state index contributed by atoms with van der Waals surface area (Å²) in [6.07, 6.45) is 4.85. The molecule has 0 radical (unpaired) electrons. The average molecular weight is 370 g/mol. The van der Waals surface area contributed by atoms with Crippen molar-refractivity contribution in [1.29, 1.82) is 0 Å². The number of methoxy groups -OCH3 is 1. The summed E-state index contributed by atoms with van der Waals surface area (Å²) in [5.41, 5.74) is 0.701. The van der Waals surface area contributed by atoms with Crippen molar-refractivity contribution < 1.29 is 18.7 Å². The van der Waals surface area contributed by atoms with Crippen LogP contribution in [0.1, 0.15) is 42.7 Å². The van der Waals surface area contributed by atoms with Gasteiger partial charge in [-0.15, -0.1) is 0 Å². The normalized spacial score (nSPS) is 27.8. The van der Waals surface area contributed by atoms with Gasteiger partial charge in [0, 0.05) is 31.0 Å². The van der Waals surface area contributed by atoms with Crippen molar-refractivity contribution in [2.75, 3.05) is 13.7 Å². The van der Waals surface area contributed by atoms with E-state index in [1.54, 1.807) is 13.2 Å². The molecule has 1 aliphatic carbocycles. The van der Waals surface area contributed by atoms with E-state index in [1.165, 1.54) is 0 Å². The van der Waals surface area contributed by atoms with Crippen molar-refractivity contribution in [3.05, 3.63) is 36.1 Å². The number of nitrogens with one attached hydrogen (secondary N) is 2. The lowest BCUT2D eigenvalue weighted by atomic mass is 9.74. The molecule has 4 atom stereocenters. The first kappa shape index (κ1) is 18.0. The van der Waals surface area contributed by atoms with Crippen LogP contribution < -0.4 is 10.6 Å². The number of benzene rings is 1. The Labute approximate surface area is 158 Å². The van der Waals surface area contributed by atoms with E-state index < -0.39 is 0 Å². The molecular weight excluding hydrogens is 344 g/mol. The summed E-state index contributed by atoms with van der Waals surface area (Å²) < 4.78 is 11.0. The van der Waals surface area contributed by atoms with Crippen LogP contribution in [0.25, 0.3) is 11.0 Å². The first-order chi connectivity index (χ1) is 13.1. The van der Waals surface area contributed by atoms with Crippen LogP contribution in [0.15, 0.2) is 34.7 Å². The Bertz CT molecular complexity index is 797. The predicted octanol–water partition coefficient (Wildman–Crippen LogP) is 2.87. The number of hydrogen-bond donors (Lipinski definition) is 2. The fraction of sp³-hybridized carbons (Fsp3) is 0.524. The lowest BCUT2D eigenvalue weighted by Gasteiger charge is -2.41. The van der Waals surface area contributed by atoms with Crippen LogP contribution in [0.2, 0.25) is 0 Å². The fourth-order valence-electron chi connectivity index (χ4n) is 4.43. The van der Waals surface area contributed by atoms with Crippen LogP contribution in [0, 0.1) is 11.8 Å². The van der Waals surface area contributed by atoms with Crippen LogP contribution in [0.5, 0.6) is 0 Å². The minimum absolute atomic E-state index is 0.0404. The van der Waals surface area contributed by atoms with Crippen LogP contribution in [0.3, 0.4) is 0 Å². The summed E-state index contributed by atoms with van der Waals surface area (Å²) >= 11 is 0. The van der Waals surface area contributed by atoms with Gasteiger partial charge in [-0.1, -0.05) is 18.2 Å². The molecule has 2 amide bonds. The second-order valence-corrected chi connectivity index (χ2v) is 7.67. The summed E-state index contributed by atoms with van der Waals surface area (Å²) in [6.45, 7) is 0.464. The molecule has 1 aliphatic heterocycles. The number of amides is 2. The first-order valence-electron chi connectivity index (χ1n) is 9.74. The van der Waals surface area contributed by atoms with Crippen molar-refractivity contribution in [2.45, 2.75) is 44.2 Å². The van der Waals surface area contributed by atoms with Crippen LogP contribution in [-0.2, 0) is 9.53 Å². The molecule has 0 bridgehead atoms.